The topological polar surface area (TPSA) is 135 Å². The van der Waals surface area contributed by atoms with Gasteiger partial charge in [0.25, 0.3) is 0 Å². The van der Waals surface area contributed by atoms with Crippen molar-refractivity contribution in [2.24, 2.45) is 7.05 Å². The number of carbonyl (C=O) groups is 4. The number of aryl methyl sites for hydroxylation is 1. The molecule has 0 spiro atoms. The Labute approximate surface area is 248 Å². The maximum atomic E-state index is 12.6. The SMILES string of the molecule is CC(C)c1ccc2c(c1)n(C)c(=O)n2C1CCC(=O)NC1=O.CC(C)c1cccc2c(N3CCC(=O)NC3=O)cncc12. The zero-order chi connectivity index (χ0) is 31.0. The van der Waals surface area contributed by atoms with Gasteiger partial charge in [0.05, 0.1) is 22.9 Å². The number of aromatic nitrogens is 3. The van der Waals surface area contributed by atoms with Gasteiger partial charge in [-0.15, -0.1) is 0 Å². The van der Waals surface area contributed by atoms with E-state index in [0.29, 0.717) is 31.2 Å². The van der Waals surface area contributed by atoms with Gasteiger partial charge < -0.3 is 0 Å². The van der Waals surface area contributed by atoms with E-state index in [9.17, 15) is 24.0 Å². The molecule has 2 fully saturated rings. The number of nitrogens with one attached hydrogen (secondary N) is 2. The molecule has 43 heavy (non-hydrogen) atoms. The van der Waals surface area contributed by atoms with Gasteiger partial charge in [-0.1, -0.05) is 52.0 Å². The molecule has 1 unspecified atom stereocenters. The third kappa shape index (κ3) is 5.67. The molecule has 2 aromatic heterocycles. The number of fused-ring (bicyclic) bond motifs is 2. The summed E-state index contributed by atoms with van der Waals surface area (Å²) in [4.78, 5) is 65.1. The lowest BCUT2D eigenvalue weighted by Crippen LogP contribution is -2.49. The first-order valence-corrected chi connectivity index (χ1v) is 14.5. The summed E-state index contributed by atoms with van der Waals surface area (Å²) in [5, 5.41) is 6.70. The lowest BCUT2D eigenvalue weighted by Gasteiger charge is -2.27. The molecule has 2 aromatic carbocycles. The molecule has 11 nitrogen and oxygen atoms in total. The van der Waals surface area contributed by atoms with Gasteiger partial charge in [-0.3, -0.25) is 44.0 Å². The van der Waals surface area contributed by atoms with Crippen molar-refractivity contribution < 1.29 is 19.2 Å². The standard InChI is InChI=1S/C16H19N3O3.C16H17N3O2/c1-9(2)10-4-5-11-13(8-10)18(3)16(22)19(11)12-6-7-14(20)17-15(12)21;1-10(2)11-4-3-5-12-13(11)8-17-9-14(12)19-7-6-15(20)18-16(19)21/h4-5,8-9,12H,6-7H2,1-3H3,(H,17,20,21);3-5,8-10H,6-7H2,1-2H3,(H,18,20,21). The van der Waals surface area contributed by atoms with Gasteiger partial charge in [0.1, 0.15) is 6.04 Å². The molecule has 0 radical (unpaired) electrons. The summed E-state index contributed by atoms with van der Waals surface area (Å²) in [6, 6.07) is 10.9. The summed E-state index contributed by atoms with van der Waals surface area (Å²) < 4.78 is 3.06. The van der Waals surface area contributed by atoms with Crippen LogP contribution in [-0.2, 0) is 21.4 Å². The van der Waals surface area contributed by atoms with Crippen LogP contribution < -0.4 is 21.2 Å². The fraction of sp³-hybridized carbons (Fsp3) is 0.375. The second-order valence-corrected chi connectivity index (χ2v) is 11.6. The molecule has 0 saturated carbocycles. The number of imidazole rings is 1. The highest BCUT2D eigenvalue weighted by atomic mass is 16.2. The molecule has 5 amide bonds. The smallest absolute Gasteiger partial charge is 0.295 e. The van der Waals surface area contributed by atoms with Gasteiger partial charge in [0.15, 0.2) is 0 Å². The highest BCUT2D eigenvalue weighted by Crippen LogP contribution is 2.32. The average molecular weight is 585 g/mol. The van der Waals surface area contributed by atoms with Crippen LogP contribution in [-0.4, -0.2) is 44.4 Å². The van der Waals surface area contributed by atoms with E-state index in [1.165, 1.54) is 10.1 Å². The fourth-order valence-electron chi connectivity index (χ4n) is 5.68. The maximum absolute atomic E-state index is 12.6. The molecule has 1 atom stereocenters. The van der Waals surface area contributed by atoms with E-state index in [0.717, 1.165) is 33.1 Å². The molecule has 4 aromatic rings. The molecule has 2 aliphatic heterocycles. The number of nitrogens with zero attached hydrogens (tertiary/aromatic N) is 4. The van der Waals surface area contributed by atoms with Crippen molar-refractivity contribution in [2.75, 3.05) is 11.4 Å². The van der Waals surface area contributed by atoms with E-state index in [1.807, 2.05) is 36.5 Å². The molecule has 2 saturated heterocycles. The number of hydrogen-bond donors (Lipinski definition) is 2. The number of carbonyl (C=O) groups excluding carboxylic acids is 4. The van der Waals surface area contributed by atoms with E-state index in [1.54, 1.807) is 22.7 Å². The summed E-state index contributed by atoms with van der Waals surface area (Å²) in [7, 11) is 1.71. The van der Waals surface area contributed by atoms with Crippen LogP contribution in [0, 0.1) is 0 Å². The largest absolute Gasteiger partial charge is 0.329 e. The predicted molar refractivity (Wildman–Crippen MR) is 164 cm³/mol. The Morgan fingerprint density at radius 1 is 0.837 bits per heavy atom. The van der Waals surface area contributed by atoms with Crippen LogP contribution in [0.5, 0.6) is 0 Å². The summed E-state index contributed by atoms with van der Waals surface area (Å²) in [6.45, 7) is 8.84. The third-order valence-corrected chi connectivity index (χ3v) is 8.08. The van der Waals surface area contributed by atoms with Crippen molar-refractivity contribution in [3.8, 4) is 0 Å². The number of hydrogen-bond acceptors (Lipinski definition) is 6. The molecule has 224 valence electrons. The first kappa shape index (κ1) is 29.7. The van der Waals surface area contributed by atoms with Crippen molar-refractivity contribution in [3.05, 3.63) is 70.4 Å². The lowest BCUT2D eigenvalue weighted by atomic mass is 9.96. The molecule has 0 bridgehead atoms. The van der Waals surface area contributed by atoms with Crippen LogP contribution >= 0.6 is 0 Å². The van der Waals surface area contributed by atoms with Crippen molar-refractivity contribution in [1.29, 1.82) is 0 Å². The van der Waals surface area contributed by atoms with Crippen LogP contribution in [0.15, 0.2) is 53.6 Å². The second kappa shape index (κ2) is 11.8. The number of benzene rings is 2. The van der Waals surface area contributed by atoms with E-state index < -0.39 is 11.9 Å². The van der Waals surface area contributed by atoms with Gasteiger partial charge in [0, 0.05) is 43.4 Å². The Morgan fingerprint density at radius 2 is 1.58 bits per heavy atom. The first-order valence-electron chi connectivity index (χ1n) is 14.5. The van der Waals surface area contributed by atoms with Crippen molar-refractivity contribution in [1.82, 2.24) is 24.8 Å². The lowest BCUT2D eigenvalue weighted by molar-refractivity contribution is -0.135. The minimum Gasteiger partial charge on any atom is -0.295 e. The normalized spacial score (nSPS) is 17.4. The number of pyridine rings is 1. The number of amides is 5. The Kier molecular flexibility index (Phi) is 8.16. The van der Waals surface area contributed by atoms with Gasteiger partial charge in [-0.2, -0.15) is 0 Å². The second-order valence-electron chi connectivity index (χ2n) is 11.6. The summed E-state index contributed by atoms with van der Waals surface area (Å²) in [5.74, 6) is -0.177. The van der Waals surface area contributed by atoms with Gasteiger partial charge in [0.2, 0.25) is 17.7 Å². The molecular weight excluding hydrogens is 548 g/mol. The highest BCUT2D eigenvalue weighted by Gasteiger charge is 2.31. The van der Waals surface area contributed by atoms with Crippen LogP contribution in [0.1, 0.15) is 76.0 Å². The van der Waals surface area contributed by atoms with E-state index in [4.69, 9.17) is 0 Å². The van der Waals surface area contributed by atoms with Gasteiger partial charge >= 0.3 is 11.7 Å². The van der Waals surface area contributed by atoms with Crippen molar-refractivity contribution in [2.45, 2.75) is 64.8 Å². The molecule has 11 heteroatoms. The predicted octanol–water partition coefficient (Wildman–Crippen LogP) is 4.25. The van der Waals surface area contributed by atoms with Crippen LogP contribution in [0.2, 0.25) is 0 Å². The Morgan fingerprint density at radius 3 is 2.26 bits per heavy atom. The van der Waals surface area contributed by atoms with E-state index in [-0.39, 0.29) is 30.0 Å². The van der Waals surface area contributed by atoms with E-state index >= 15 is 0 Å². The molecule has 6 rings (SSSR count). The van der Waals surface area contributed by atoms with E-state index in [2.05, 4.69) is 49.4 Å². The average Bonchev–Trinajstić information content (AvgIpc) is 3.21. The van der Waals surface area contributed by atoms with Crippen molar-refractivity contribution in [3.63, 3.8) is 0 Å². The number of piperidine rings is 1. The minimum atomic E-state index is -0.626. The van der Waals surface area contributed by atoms with Crippen LogP contribution in [0.25, 0.3) is 21.8 Å². The Bertz CT molecular complexity index is 1820. The van der Waals surface area contributed by atoms with Gasteiger partial charge in [-0.05, 0) is 41.5 Å². The molecule has 0 aliphatic carbocycles. The maximum Gasteiger partial charge on any atom is 0.329 e. The summed E-state index contributed by atoms with van der Waals surface area (Å²) in [6.07, 6.45) is 4.44. The molecule has 2 N–H and O–H groups in total. The monoisotopic (exact) mass is 584 g/mol. The Hall–Kier alpha value is -4.80. The zero-order valence-corrected chi connectivity index (χ0v) is 25.0. The minimum absolute atomic E-state index is 0.229. The molecule has 4 heterocycles. The first-order chi connectivity index (χ1) is 20.5. The van der Waals surface area contributed by atoms with Crippen LogP contribution in [0.3, 0.4) is 0 Å². The zero-order valence-electron chi connectivity index (χ0n) is 25.0. The molecule has 2 aliphatic rings. The summed E-state index contributed by atoms with van der Waals surface area (Å²) >= 11 is 0. The quantitative estimate of drug-likeness (QED) is 0.345. The number of urea groups is 1. The Balaban J connectivity index is 0.000000171. The number of rotatable bonds is 4. The molecular formula is C32H36N6O5. The van der Waals surface area contributed by atoms with Crippen molar-refractivity contribution >= 4 is 51.2 Å². The number of anilines is 1. The fourth-order valence-corrected chi connectivity index (χ4v) is 5.68. The summed E-state index contributed by atoms with van der Waals surface area (Å²) in [5.41, 5.74) is 4.40. The number of imide groups is 2. The third-order valence-electron chi connectivity index (χ3n) is 8.08. The van der Waals surface area contributed by atoms with Gasteiger partial charge in [-0.25, -0.2) is 9.59 Å². The highest BCUT2D eigenvalue weighted by molar-refractivity contribution is 6.10. The van der Waals surface area contributed by atoms with Crippen LogP contribution in [0.4, 0.5) is 10.5 Å².